The second kappa shape index (κ2) is 5.40. The van der Waals surface area contributed by atoms with Gasteiger partial charge in [-0.2, -0.15) is 5.10 Å². The number of aromatic nitrogens is 3. The van der Waals surface area contributed by atoms with Gasteiger partial charge in [0.25, 0.3) is 0 Å². The van der Waals surface area contributed by atoms with Crippen molar-refractivity contribution in [2.24, 2.45) is 0 Å². The van der Waals surface area contributed by atoms with Gasteiger partial charge in [0.2, 0.25) is 0 Å². The van der Waals surface area contributed by atoms with Crippen LogP contribution in [0.4, 0.5) is 0 Å². The number of aliphatic hydroxyl groups is 1. The summed E-state index contributed by atoms with van der Waals surface area (Å²) in [6.45, 7) is 5.98. The van der Waals surface area contributed by atoms with Crippen molar-refractivity contribution < 1.29 is 9.84 Å². The molecule has 0 amide bonds. The largest absolute Gasteiger partial charge is 0.493 e. The third-order valence-corrected chi connectivity index (χ3v) is 2.98. The summed E-state index contributed by atoms with van der Waals surface area (Å²) >= 11 is 0. The van der Waals surface area contributed by atoms with Gasteiger partial charge in [-0.1, -0.05) is 0 Å². The molecule has 0 saturated carbocycles. The highest BCUT2D eigenvalue weighted by Crippen LogP contribution is 2.30. The van der Waals surface area contributed by atoms with Crippen molar-refractivity contribution in [3.8, 4) is 5.75 Å². The first-order valence-electron chi connectivity index (χ1n) is 6.26. The zero-order valence-corrected chi connectivity index (χ0v) is 11.7. The number of hydrogen-bond acceptors (Lipinski definition) is 4. The molecule has 0 aromatic carbocycles. The quantitative estimate of drug-likeness (QED) is 0.917. The standard InChI is InChI=1S/C14H19N3O2/c1-9(2)17-13(12(19-4)8-16-17)14(18)11-7-10(3)5-6-15-11/h5-9,14,18H,1-4H3. The van der Waals surface area contributed by atoms with Gasteiger partial charge >= 0.3 is 0 Å². The minimum Gasteiger partial charge on any atom is -0.493 e. The Labute approximate surface area is 112 Å². The van der Waals surface area contributed by atoms with Crippen molar-refractivity contribution in [2.75, 3.05) is 7.11 Å². The van der Waals surface area contributed by atoms with Gasteiger partial charge in [0.15, 0.2) is 5.75 Å². The van der Waals surface area contributed by atoms with Gasteiger partial charge in [0.05, 0.1) is 19.0 Å². The summed E-state index contributed by atoms with van der Waals surface area (Å²) in [7, 11) is 1.57. The lowest BCUT2D eigenvalue weighted by Gasteiger charge is -2.17. The first kappa shape index (κ1) is 13.5. The Morgan fingerprint density at radius 2 is 2.11 bits per heavy atom. The van der Waals surface area contributed by atoms with Crippen LogP contribution in [-0.4, -0.2) is 27.0 Å². The van der Waals surface area contributed by atoms with Crippen molar-refractivity contribution in [1.82, 2.24) is 14.8 Å². The summed E-state index contributed by atoms with van der Waals surface area (Å²) in [4.78, 5) is 4.22. The fourth-order valence-corrected chi connectivity index (χ4v) is 2.03. The first-order chi connectivity index (χ1) is 9.04. The molecule has 2 rings (SSSR count). The van der Waals surface area contributed by atoms with Gasteiger partial charge in [-0.25, -0.2) is 0 Å². The summed E-state index contributed by atoms with van der Waals surface area (Å²) < 4.78 is 7.04. The summed E-state index contributed by atoms with van der Waals surface area (Å²) in [5.74, 6) is 0.574. The maximum atomic E-state index is 10.5. The topological polar surface area (TPSA) is 60.2 Å². The lowest BCUT2D eigenvalue weighted by atomic mass is 10.1. The van der Waals surface area contributed by atoms with Gasteiger partial charge in [0, 0.05) is 12.2 Å². The molecule has 0 spiro atoms. The summed E-state index contributed by atoms with van der Waals surface area (Å²) in [5.41, 5.74) is 2.29. The molecule has 5 heteroatoms. The van der Waals surface area contributed by atoms with Crippen LogP contribution in [0.2, 0.25) is 0 Å². The Morgan fingerprint density at radius 3 is 2.68 bits per heavy atom. The molecular formula is C14H19N3O2. The number of ether oxygens (including phenoxy) is 1. The van der Waals surface area contributed by atoms with Crippen molar-refractivity contribution in [2.45, 2.75) is 32.9 Å². The van der Waals surface area contributed by atoms with E-state index in [1.165, 1.54) is 0 Å². The van der Waals surface area contributed by atoms with E-state index in [1.807, 2.05) is 32.9 Å². The molecule has 0 radical (unpaired) electrons. The molecule has 0 aliphatic rings. The predicted molar refractivity (Wildman–Crippen MR) is 72.2 cm³/mol. The number of pyridine rings is 1. The van der Waals surface area contributed by atoms with E-state index in [4.69, 9.17) is 4.74 Å². The zero-order chi connectivity index (χ0) is 14.0. The molecule has 102 valence electrons. The Morgan fingerprint density at radius 1 is 1.37 bits per heavy atom. The molecule has 2 aromatic rings. The molecule has 1 N–H and O–H groups in total. The molecule has 5 nitrogen and oxygen atoms in total. The highest BCUT2D eigenvalue weighted by Gasteiger charge is 2.23. The minimum atomic E-state index is -0.847. The Balaban J connectivity index is 2.48. The molecule has 1 atom stereocenters. The molecular weight excluding hydrogens is 242 g/mol. The fourth-order valence-electron chi connectivity index (χ4n) is 2.03. The van der Waals surface area contributed by atoms with Crippen LogP contribution in [0.3, 0.4) is 0 Å². The van der Waals surface area contributed by atoms with Gasteiger partial charge in [0.1, 0.15) is 11.8 Å². The average molecular weight is 261 g/mol. The second-order valence-corrected chi connectivity index (χ2v) is 4.80. The van der Waals surface area contributed by atoms with Crippen molar-refractivity contribution in [3.05, 3.63) is 41.5 Å². The van der Waals surface area contributed by atoms with Crippen LogP contribution in [0.1, 0.15) is 42.9 Å². The molecule has 0 aliphatic carbocycles. The molecule has 0 aliphatic heterocycles. The van der Waals surface area contributed by atoms with Gasteiger partial charge < -0.3 is 9.84 Å². The molecule has 2 aromatic heterocycles. The molecule has 0 bridgehead atoms. The maximum absolute atomic E-state index is 10.5. The SMILES string of the molecule is COc1cnn(C(C)C)c1C(O)c1cc(C)ccn1. The Kier molecular flexibility index (Phi) is 3.85. The zero-order valence-electron chi connectivity index (χ0n) is 11.7. The average Bonchev–Trinajstić information content (AvgIpc) is 2.81. The summed E-state index contributed by atoms with van der Waals surface area (Å²) in [5, 5.41) is 14.8. The van der Waals surface area contributed by atoms with Crippen LogP contribution in [-0.2, 0) is 0 Å². The van der Waals surface area contributed by atoms with Crippen LogP contribution in [0.25, 0.3) is 0 Å². The van der Waals surface area contributed by atoms with Crippen LogP contribution in [0.5, 0.6) is 5.75 Å². The highest BCUT2D eigenvalue weighted by molar-refractivity contribution is 5.33. The van der Waals surface area contributed by atoms with E-state index in [1.54, 1.807) is 24.2 Å². The van der Waals surface area contributed by atoms with E-state index in [0.717, 1.165) is 5.56 Å². The van der Waals surface area contributed by atoms with E-state index in [2.05, 4.69) is 10.1 Å². The lowest BCUT2D eigenvalue weighted by molar-refractivity contribution is 0.195. The van der Waals surface area contributed by atoms with Crippen molar-refractivity contribution >= 4 is 0 Å². The van der Waals surface area contributed by atoms with Gasteiger partial charge in [-0.3, -0.25) is 9.67 Å². The number of hydrogen-bond donors (Lipinski definition) is 1. The Hall–Kier alpha value is -1.88. The number of nitrogens with zero attached hydrogens (tertiary/aromatic N) is 3. The van der Waals surface area contributed by atoms with E-state index < -0.39 is 6.10 Å². The third kappa shape index (κ3) is 2.61. The molecule has 0 saturated heterocycles. The summed E-state index contributed by atoms with van der Waals surface area (Å²) in [6, 6.07) is 3.90. The predicted octanol–water partition coefficient (Wildman–Crippen LogP) is 2.26. The highest BCUT2D eigenvalue weighted by atomic mass is 16.5. The van der Waals surface area contributed by atoms with Crippen LogP contribution in [0.15, 0.2) is 24.5 Å². The first-order valence-corrected chi connectivity index (χ1v) is 6.26. The normalized spacial score (nSPS) is 12.7. The van der Waals surface area contributed by atoms with Gasteiger partial charge in [-0.05, 0) is 38.5 Å². The molecule has 19 heavy (non-hydrogen) atoms. The van der Waals surface area contributed by atoms with Crippen molar-refractivity contribution in [1.29, 1.82) is 0 Å². The molecule has 2 heterocycles. The lowest BCUT2D eigenvalue weighted by Crippen LogP contribution is -2.14. The second-order valence-electron chi connectivity index (χ2n) is 4.80. The summed E-state index contributed by atoms with van der Waals surface area (Å²) in [6.07, 6.45) is 2.46. The minimum absolute atomic E-state index is 0.137. The van der Waals surface area contributed by atoms with E-state index in [0.29, 0.717) is 17.1 Å². The monoisotopic (exact) mass is 261 g/mol. The number of methoxy groups -OCH3 is 1. The Bertz CT molecular complexity index is 564. The molecule has 0 fully saturated rings. The number of rotatable bonds is 4. The van der Waals surface area contributed by atoms with E-state index in [-0.39, 0.29) is 6.04 Å². The van der Waals surface area contributed by atoms with Gasteiger partial charge in [-0.15, -0.1) is 0 Å². The number of aliphatic hydroxyl groups excluding tert-OH is 1. The number of aryl methyl sites for hydroxylation is 1. The van der Waals surface area contributed by atoms with Crippen molar-refractivity contribution in [3.63, 3.8) is 0 Å². The third-order valence-electron chi connectivity index (χ3n) is 2.98. The fraction of sp³-hybridized carbons (Fsp3) is 0.429. The van der Waals surface area contributed by atoms with Crippen LogP contribution >= 0.6 is 0 Å². The van der Waals surface area contributed by atoms with E-state index in [9.17, 15) is 5.11 Å². The van der Waals surface area contributed by atoms with E-state index >= 15 is 0 Å². The smallest absolute Gasteiger partial charge is 0.163 e. The van der Waals surface area contributed by atoms with Crippen LogP contribution < -0.4 is 4.74 Å². The molecule has 1 unspecified atom stereocenters. The van der Waals surface area contributed by atoms with Crippen LogP contribution in [0, 0.1) is 6.92 Å². The maximum Gasteiger partial charge on any atom is 0.163 e.